The molecule has 31 heavy (non-hydrogen) atoms. The molecular formula is C27H39NO3. The van der Waals surface area contributed by atoms with Crippen molar-refractivity contribution in [1.82, 2.24) is 0 Å². The molecule has 4 aliphatic carbocycles. The van der Waals surface area contributed by atoms with E-state index in [0.29, 0.717) is 54.6 Å². The third-order valence-electron chi connectivity index (χ3n) is 10.8. The second-order valence-corrected chi connectivity index (χ2v) is 12.3. The second-order valence-electron chi connectivity index (χ2n) is 12.3. The zero-order valence-corrected chi connectivity index (χ0v) is 19.8. The number of rotatable bonds is 3. The molecule has 0 aromatic carbocycles. The minimum absolute atomic E-state index is 0.00345. The van der Waals surface area contributed by atoms with Crippen LogP contribution in [0, 0.1) is 52.3 Å². The van der Waals surface area contributed by atoms with Crippen molar-refractivity contribution in [3.05, 3.63) is 0 Å². The van der Waals surface area contributed by atoms with Crippen LogP contribution in [0.25, 0.3) is 0 Å². The summed E-state index contributed by atoms with van der Waals surface area (Å²) in [5, 5.41) is 0. The minimum atomic E-state index is -0.0422. The van der Waals surface area contributed by atoms with Crippen LogP contribution in [0.5, 0.6) is 0 Å². The molecule has 9 atom stereocenters. The molecule has 0 bridgehead atoms. The van der Waals surface area contributed by atoms with Crippen molar-refractivity contribution in [3.63, 3.8) is 0 Å². The van der Waals surface area contributed by atoms with Crippen molar-refractivity contribution in [1.29, 1.82) is 0 Å². The maximum atomic E-state index is 13.3. The van der Waals surface area contributed by atoms with Crippen LogP contribution in [0.3, 0.4) is 0 Å². The van der Waals surface area contributed by atoms with E-state index in [4.69, 9.17) is 0 Å². The van der Waals surface area contributed by atoms with Crippen LogP contribution in [-0.2, 0) is 14.4 Å². The quantitative estimate of drug-likeness (QED) is 0.633. The highest BCUT2D eigenvalue weighted by molar-refractivity contribution is 6.41. The lowest BCUT2D eigenvalue weighted by molar-refractivity contribution is -0.159. The van der Waals surface area contributed by atoms with Gasteiger partial charge in [-0.3, -0.25) is 19.4 Å². The summed E-state index contributed by atoms with van der Waals surface area (Å²) in [5.41, 5.74) is 0.981. The Kier molecular flexibility index (Phi) is 5.10. The van der Waals surface area contributed by atoms with Gasteiger partial charge in [0.05, 0.1) is 5.71 Å². The van der Waals surface area contributed by atoms with Crippen LogP contribution >= 0.6 is 0 Å². The summed E-state index contributed by atoms with van der Waals surface area (Å²) in [7, 11) is 0. The van der Waals surface area contributed by atoms with Gasteiger partial charge in [-0.15, -0.1) is 0 Å². The lowest BCUT2D eigenvalue weighted by Gasteiger charge is -2.59. The highest BCUT2D eigenvalue weighted by atomic mass is 16.1. The third kappa shape index (κ3) is 3.14. The average Bonchev–Trinajstić information content (AvgIpc) is 3.31. The van der Waals surface area contributed by atoms with Gasteiger partial charge >= 0.3 is 0 Å². The molecule has 170 valence electrons. The zero-order valence-electron chi connectivity index (χ0n) is 19.8. The number of fused-ring (bicyclic) bond motifs is 5. The van der Waals surface area contributed by atoms with Crippen LogP contribution in [0.15, 0.2) is 4.99 Å². The molecule has 5 rings (SSSR count). The molecule has 1 heterocycles. The SMILES string of the molecule is C[C@@H]1CN=C(C(=O)[C@@H](C)[C@H]2CC[C@H]3[C@@H]4CC(=O)[C@H]5CC(=O)CC[C@]5(C)[C@@H]4CC[C@]23C)C1. The highest BCUT2D eigenvalue weighted by Gasteiger charge is 2.63. The first-order valence-corrected chi connectivity index (χ1v) is 12.8. The van der Waals surface area contributed by atoms with Crippen LogP contribution < -0.4 is 0 Å². The lowest BCUT2D eigenvalue weighted by Crippen LogP contribution is -2.57. The molecule has 0 unspecified atom stereocenters. The van der Waals surface area contributed by atoms with E-state index in [0.717, 1.165) is 50.8 Å². The van der Waals surface area contributed by atoms with E-state index in [-0.39, 0.29) is 34.2 Å². The van der Waals surface area contributed by atoms with Gasteiger partial charge in [0.1, 0.15) is 11.6 Å². The minimum Gasteiger partial charge on any atom is -0.300 e. The van der Waals surface area contributed by atoms with E-state index in [2.05, 4.69) is 32.7 Å². The molecule has 4 fully saturated rings. The van der Waals surface area contributed by atoms with Gasteiger partial charge in [0, 0.05) is 37.6 Å². The van der Waals surface area contributed by atoms with Crippen molar-refractivity contribution in [2.75, 3.05) is 6.54 Å². The summed E-state index contributed by atoms with van der Waals surface area (Å²) in [6.45, 7) is 9.87. The molecule has 1 aliphatic heterocycles. The van der Waals surface area contributed by atoms with E-state index >= 15 is 0 Å². The second kappa shape index (κ2) is 7.35. The molecular weight excluding hydrogens is 386 g/mol. The van der Waals surface area contributed by atoms with E-state index in [1.165, 1.54) is 0 Å². The number of hydrogen-bond donors (Lipinski definition) is 0. The van der Waals surface area contributed by atoms with Crippen molar-refractivity contribution in [3.8, 4) is 0 Å². The smallest absolute Gasteiger partial charge is 0.179 e. The Bertz CT molecular complexity index is 845. The predicted molar refractivity (Wildman–Crippen MR) is 121 cm³/mol. The summed E-state index contributed by atoms with van der Waals surface area (Å²) in [5.74, 6) is 3.35. The van der Waals surface area contributed by atoms with Crippen LogP contribution in [0.4, 0.5) is 0 Å². The van der Waals surface area contributed by atoms with Crippen molar-refractivity contribution in [2.24, 2.45) is 57.2 Å². The Balaban J connectivity index is 1.38. The number of carbonyl (C=O) groups excluding carboxylic acids is 3. The molecule has 0 spiro atoms. The number of carbonyl (C=O) groups is 3. The molecule has 4 saturated carbocycles. The van der Waals surface area contributed by atoms with Gasteiger partial charge in [0.25, 0.3) is 0 Å². The first kappa shape index (κ1) is 21.5. The van der Waals surface area contributed by atoms with Crippen molar-refractivity contribution >= 4 is 23.1 Å². The van der Waals surface area contributed by atoms with Gasteiger partial charge in [0.15, 0.2) is 5.78 Å². The Morgan fingerprint density at radius 1 is 1.00 bits per heavy atom. The zero-order chi connectivity index (χ0) is 22.1. The number of Topliss-reactive ketones (excluding diaryl/α,β-unsaturated/α-hetero) is 3. The summed E-state index contributed by atoms with van der Waals surface area (Å²) in [4.78, 5) is 43.2. The van der Waals surface area contributed by atoms with Crippen LogP contribution in [0.1, 0.15) is 85.5 Å². The van der Waals surface area contributed by atoms with E-state index in [1.54, 1.807) is 0 Å². The molecule has 0 amide bonds. The standard InChI is InChI=1S/C27H39NO3/c1-15-11-23(28-14-15)25(31)16(2)19-5-6-20-18-13-24(30)22-12-17(29)7-9-27(22,4)21(18)8-10-26(19,20)3/h15-16,18-22H,5-14H2,1-4H3/t15-,16-,18-,19+,20-,21+,22+,26+,27+/m0/s1. The first-order valence-electron chi connectivity index (χ1n) is 12.8. The number of nitrogens with zero attached hydrogens (tertiary/aromatic N) is 1. The molecule has 0 saturated heterocycles. The fraction of sp³-hybridized carbons (Fsp3) is 0.852. The summed E-state index contributed by atoms with van der Waals surface area (Å²) < 4.78 is 0. The van der Waals surface area contributed by atoms with E-state index in [9.17, 15) is 14.4 Å². The van der Waals surface area contributed by atoms with Gasteiger partial charge < -0.3 is 0 Å². The van der Waals surface area contributed by atoms with Gasteiger partial charge in [-0.25, -0.2) is 0 Å². The Labute approximate surface area is 187 Å². The Hall–Kier alpha value is -1.32. The van der Waals surface area contributed by atoms with Crippen molar-refractivity contribution in [2.45, 2.75) is 85.5 Å². The van der Waals surface area contributed by atoms with Crippen LogP contribution in [-0.4, -0.2) is 29.6 Å². The summed E-state index contributed by atoms with van der Waals surface area (Å²) in [6, 6.07) is 0. The lowest BCUT2D eigenvalue weighted by atomic mass is 9.44. The number of hydrogen-bond acceptors (Lipinski definition) is 4. The Morgan fingerprint density at radius 3 is 2.45 bits per heavy atom. The molecule has 4 heteroatoms. The predicted octanol–water partition coefficient (Wildman–Crippen LogP) is 5.08. The molecule has 0 radical (unpaired) electrons. The van der Waals surface area contributed by atoms with Gasteiger partial charge in [0.2, 0.25) is 0 Å². The van der Waals surface area contributed by atoms with E-state index in [1.807, 2.05) is 0 Å². The van der Waals surface area contributed by atoms with Gasteiger partial charge in [-0.2, -0.15) is 0 Å². The summed E-state index contributed by atoms with van der Waals surface area (Å²) >= 11 is 0. The fourth-order valence-corrected chi connectivity index (χ4v) is 9.05. The van der Waals surface area contributed by atoms with Gasteiger partial charge in [-0.05, 0) is 78.9 Å². The van der Waals surface area contributed by atoms with Gasteiger partial charge in [-0.1, -0.05) is 27.7 Å². The monoisotopic (exact) mass is 425 g/mol. The Morgan fingerprint density at radius 2 is 1.74 bits per heavy atom. The van der Waals surface area contributed by atoms with E-state index < -0.39 is 0 Å². The maximum Gasteiger partial charge on any atom is 0.179 e. The molecule has 0 N–H and O–H groups in total. The normalized spacial score (nSPS) is 47.9. The molecule has 5 aliphatic rings. The molecule has 0 aromatic rings. The van der Waals surface area contributed by atoms with Crippen LogP contribution in [0.2, 0.25) is 0 Å². The molecule has 0 aromatic heterocycles. The fourth-order valence-electron chi connectivity index (χ4n) is 9.05. The number of ketones is 3. The third-order valence-corrected chi connectivity index (χ3v) is 10.8. The molecule has 4 nitrogen and oxygen atoms in total. The highest BCUT2D eigenvalue weighted by Crippen LogP contribution is 2.67. The van der Waals surface area contributed by atoms with Crippen molar-refractivity contribution < 1.29 is 14.4 Å². The first-order chi connectivity index (χ1) is 14.6. The largest absolute Gasteiger partial charge is 0.300 e. The number of aliphatic imine (C=N–C) groups is 1. The maximum absolute atomic E-state index is 13.3. The summed E-state index contributed by atoms with van der Waals surface area (Å²) in [6.07, 6.45) is 8.10. The average molecular weight is 426 g/mol. The topological polar surface area (TPSA) is 63.6 Å².